The normalized spacial score (nSPS) is 11.4. The van der Waals surface area contributed by atoms with E-state index in [9.17, 15) is 17.9 Å². The van der Waals surface area contributed by atoms with Gasteiger partial charge in [0, 0.05) is 7.05 Å². The number of aliphatic hydroxyl groups excluding tert-OH is 1. The fourth-order valence-corrected chi connectivity index (χ4v) is 3.57. The molecule has 0 bridgehead atoms. The summed E-state index contributed by atoms with van der Waals surface area (Å²) in [7, 11) is -2.59. The summed E-state index contributed by atoms with van der Waals surface area (Å²) in [5.74, 6) is -0.612. The number of hydrogen-bond donors (Lipinski definition) is 1. The summed E-state index contributed by atoms with van der Waals surface area (Å²) in [6, 6.07) is 10.3. The Morgan fingerprint density at radius 3 is 2.43 bits per heavy atom. The molecule has 0 aliphatic rings. The molecule has 2 rings (SSSR count). The summed E-state index contributed by atoms with van der Waals surface area (Å²) in [4.78, 5) is 0.0554. The molecule has 4 nitrogen and oxygen atoms in total. The number of para-hydroxylation sites is 1. The number of sulfonamides is 1. The Hall–Kier alpha value is -1.92. The third-order valence-electron chi connectivity index (χ3n) is 3.40. The zero-order valence-electron chi connectivity index (χ0n) is 11.7. The number of hydrogen-bond acceptors (Lipinski definition) is 3. The summed E-state index contributed by atoms with van der Waals surface area (Å²) in [6.45, 7) is 1.37. The topological polar surface area (TPSA) is 57.6 Å². The van der Waals surface area contributed by atoms with Gasteiger partial charge in [0.05, 0.1) is 17.2 Å². The van der Waals surface area contributed by atoms with E-state index in [2.05, 4.69) is 0 Å². The van der Waals surface area contributed by atoms with E-state index in [1.54, 1.807) is 25.1 Å². The summed E-state index contributed by atoms with van der Waals surface area (Å²) >= 11 is 0. The molecular formula is C15H16FNO3S. The van der Waals surface area contributed by atoms with Crippen molar-refractivity contribution >= 4 is 15.7 Å². The van der Waals surface area contributed by atoms with Gasteiger partial charge in [-0.2, -0.15) is 0 Å². The molecule has 2 aromatic carbocycles. The molecule has 0 heterocycles. The maximum atomic E-state index is 13.8. The van der Waals surface area contributed by atoms with Crippen LogP contribution in [0.1, 0.15) is 11.1 Å². The predicted molar refractivity (Wildman–Crippen MR) is 79.1 cm³/mol. The van der Waals surface area contributed by atoms with Crippen molar-refractivity contribution < 1.29 is 17.9 Å². The highest BCUT2D eigenvalue weighted by Crippen LogP contribution is 2.27. The Morgan fingerprint density at radius 2 is 1.81 bits per heavy atom. The Morgan fingerprint density at radius 1 is 1.14 bits per heavy atom. The van der Waals surface area contributed by atoms with E-state index >= 15 is 0 Å². The summed E-state index contributed by atoms with van der Waals surface area (Å²) in [5.41, 5.74) is 0.965. The molecule has 0 aliphatic carbocycles. The Kier molecular flexibility index (Phi) is 4.29. The van der Waals surface area contributed by atoms with Gasteiger partial charge in [0.15, 0.2) is 0 Å². The molecule has 112 valence electrons. The van der Waals surface area contributed by atoms with Crippen LogP contribution in [0.4, 0.5) is 10.1 Å². The molecule has 2 aromatic rings. The first-order valence-corrected chi connectivity index (χ1v) is 7.76. The lowest BCUT2D eigenvalue weighted by molar-refractivity contribution is 0.280. The van der Waals surface area contributed by atoms with Gasteiger partial charge in [-0.15, -0.1) is 0 Å². The van der Waals surface area contributed by atoms with Gasteiger partial charge in [-0.25, -0.2) is 12.8 Å². The second-order valence-electron chi connectivity index (χ2n) is 4.62. The van der Waals surface area contributed by atoms with E-state index in [-0.39, 0.29) is 17.2 Å². The van der Waals surface area contributed by atoms with Gasteiger partial charge >= 0.3 is 0 Å². The van der Waals surface area contributed by atoms with Crippen molar-refractivity contribution in [1.29, 1.82) is 0 Å². The summed E-state index contributed by atoms with van der Waals surface area (Å²) < 4.78 is 40.0. The molecule has 6 heteroatoms. The Balaban J connectivity index is 2.55. The molecule has 0 atom stereocenters. The molecule has 1 N–H and O–H groups in total. The highest BCUT2D eigenvalue weighted by molar-refractivity contribution is 7.92. The van der Waals surface area contributed by atoms with Crippen molar-refractivity contribution in [1.82, 2.24) is 0 Å². The molecule has 0 unspecified atom stereocenters. The van der Waals surface area contributed by atoms with Crippen LogP contribution in [0.2, 0.25) is 0 Å². The molecular weight excluding hydrogens is 293 g/mol. The average molecular weight is 309 g/mol. The lowest BCUT2D eigenvalue weighted by Gasteiger charge is -2.21. The third kappa shape index (κ3) is 2.77. The van der Waals surface area contributed by atoms with Crippen LogP contribution in [0.3, 0.4) is 0 Å². The number of nitrogens with zero attached hydrogens (tertiary/aromatic N) is 1. The lowest BCUT2D eigenvalue weighted by atomic mass is 10.1. The van der Waals surface area contributed by atoms with Crippen LogP contribution in [0.15, 0.2) is 47.4 Å². The molecule has 0 aliphatic heterocycles. The van der Waals surface area contributed by atoms with Crippen LogP contribution in [0.25, 0.3) is 0 Å². The van der Waals surface area contributed by atoms with Crippen molar-refractivity contribution in [2.75, 3.05) is 11.4 Å². The predicted octanol–water partition coefficient (Wildman–Crippen LogP) is 2.45. The second kappa shape index (κ2) is 5.83. The smallest absolute Gasteiger partial charge is 0.264 e. The Labute approximate surface area is 123 Å². The minimum absolute atomic E-state index is 0.0219. The standard InChI is InChI=1S/C15H16FNO3S/c1-11-12(10-18)6-5-9-15(11)21(19,20)17(2)14-8-4-3-7-13(14)16/h3-9,18H,10H2,1-2H3. The minimum atomic E-state index is -3.90. The van der Waals surface area contributed by atoms with Crippen LogP contribution in [-0.2, 0) is 16.6 Å². The van der Waals surface area contributed by atoms with E-state index in [1.165, 1.54) is 31.3 Å². The van der Waals surface area contributed by atoms with Crippen molar-refractivity contribution in [2.45, 2.75) is 18.4 Å². The molecule has 0 saturated heterocycles. The monoisotopic (exact) mass is 309 g/mol. The number of aliphatic hydroxyl groups is 1. The first kappa shape index (κ1) is 15.5. The van der Waals surface area contributed by atoms with Crippen LogP contribution in [-0.4, -0.2) is 20.6 Å². The van der Waals surface area contributed by atoms with Crippen LogP contribution in [0, 0.1) is 12.7 Å². The number of rotatable bonds is 4. The van der Waals surface area contributed by atoms with E-state index in [1.807, 2.05) is 0 Å². The number of anilines is 1. The van der Waals surface area contributed by atoms with Crippen molar-refractivity contribution in [3.63, 3.8) is 0 Å². The first-order chi connectivity index (χ1) is 9.89. The van der Waals surface area contributed by atoms with Gasteiger partial charge in [0.25, 0.3) is 10.0 Å². The van der Waals surface area contributed by atoms with E-state index in [4.69, 9.17) is 0 Å². The van der Waals surface area contributed by atoms with E-state index in [0.29, 0.717) is 11.1 Å². The third-order valence-corrected chi connectivity index (χ3v) is 5.31. The average Bonchev–Trinajstić information content (AvgIpc) is 2.47. The maximum absolute atomic E-state index is 13.8. The second-order valence-corrected chi connectivity index (χ2v) is 6.56. The fraction of sp³-hybridized carbons (Fsp3) is 0.200. The summed E-state index contributed by atoms with van der Waals surface area (Å²) in [5, 5.41) is 9.24. The van der Waals surface area contributed by atoms with Crippen LogP contribution >= 0.6 is 0 Å². The van der Waals surface area contributed by atoms with E-state index < -0.39 is 15.8 Å². The van der Waals surface area contributed by atoms with Gasteiger partial charge in [-0.1, -0.05) is 24.3 Å². The molecule has 21 heavy (non-hydrogen) atoms. The van der Waals surface area contributed by atoms with Crippen molar-refractivity contribution in [3.8, 4) is 0 Å². The van der Waals surface area contributed by atoms with Gasteiger partial charge in [0.1, 0.15) is 5.82 Å². The quantitative estimate of drug-likeness (QED) is 0.944. The SMILES string of the molecule is Cc1c(CO)cccc1S(=O)(=O)N(C)c1ccccc1F. The van der Waals surface area contributed by atoms with Gasteiger partial charge in [-0.3, -0.25) is 4.31 Å². The number of halogens is 1. The highest BCUT2D eigenvalue weighted by Gasteiger charge is 2.25. The summed E-state index contributed by atoms with van der Waals surface area (Å²) in [6.07, 6.45) is 0. The van der Waals surface area contributed by atoms with Crippen molar-refractivity contribution in [3.05, 3.63) is 59.4 Å². The molecule has 0 spiro atoms. The zero-order chi connectivity index (χ0) is 15.6. The zero-order valence-corrected chi connectivity index (χ0v) is 12.6. The van der Waals surface area contributed by atoms with E-state index in [0.717, 1.165) is 4.31 Å². The van der Waals surface area contributed by atoms with Gasteiger partial charge in [0.2, 0.25) is 0 Å². The maximum Gasteiger partial charge on any atom is 0.264 e. The first-order valence-electron chi connectivity index (χ1n) is 6.32. The minimum Gasteiger partial charge on any atom is -0.392 e. The molecule has 0 amide bonds. The molecule has 0 fully saturated rings. The molecule has 0 radical (unpaired) electrons. The Bertz CT molecular complexity index is 759. The number of benzene rings is 2. The van der Waals surface area contributed by atoms with Crippen LogP contribution < -0.4 is 4.31 Å². The molecule has 0 saturated carbocycles. The van der Waals surface area contributed by atoms with Gasteiger partial charge < -0.3 is 5.11 Å². The fourth-order valence-electron chi connectivity index (χ4n) is 2.09. The molecule has 0 aromatic heterocycles. The van der Waals surface area contributed by atoms with Crippen LogP contribution in [0.5, 0.6) is 0 Å². The van der Waals surface area contributed by atoms with Crippen molar-refractivity contribution in [2.24, 2.45) is 0 Å². The lowest BCUT2D eigenvalue weighted by Crippen LogP contribution is -2.28. The van der Waals surface area contributed by atoms with Gasteiger partial charge in [-0.05, 0) is 36.2 Å². The highest BCUT2D eigenvalue weighted by atomic mass is 32.2. The largest absolute Gasteiger partial charge is 0.392 e.